The van der Waals surface area contributed by atoms with Crippen LogP contribution in [0.5, 0.6) is 0 Å². The molecule has 4 heteroatoms. The molecule has 0 unspecified atom stereocenters. The molecular formula is C19H34N4. The van der Waals surface area contributed by atoms with Gasteiger partial charge in [-0.2, -0.15) is 0 Å². The molecule has 0 N–H and O–H groups in total. The number of likely N-dealkylation sites (tertiary alicyclic amines) is 1. The van der Waals surface area contributed by atoms with Crippen LogP contribution in [0.2, 0.25) is 0 Å². The molecule has 2 fully saturated rings. The zero-order valence-corrected chi connectivity index (χ0v) is 15.2. The minimum Gasteiger partial charge on any atom is -0.301 e. The molecule has 1 aliphatic carbocycles. The highest BCUT2D eigenvalue weighted by atomic mass is 15.4. The topological polar surface area (TPSA) is 34.0 Å². The number of nitrogens with zero attached hydrogens (tertiary/aromatic N) is 4. The molecule has 0 radical (unpaired) electrons. The molecule has 1 aromatic heterocycles. The predicted octanol–water partition coefficient (Wildman–Crippen LogP) is 4.40. The summed E-state index contributed by atoms with van der Waals surface area (Å²) in [6, 6.07) is 1.29. The van der Waals surface area contributed by atoms with Crippen molar-refractivity contribution in [3.05, 3.63) is 11.9 Å². The molecule has 0 spiro atoms. The minimum absolute atomic E-state index is 0.561. The van der Waals surface area contributed by atoms with Crippen molar-refractivity contribution in [1.29, 1.82) is 0 Å². The predicted molar refractivity (Wildman–Crippen MR) is 94.6 cm³/mol. The average Bonchev–Trinajstić information content (AvgIpc) is 3.23. The van der Waals surface area contributed by atoms with Gasteiger partial charge in [0.1, 0.15) is 0 Å². The summed E-state index contributed by atoms with van der Waals surface area (Å²) < 4.78 is 2.17. The second-order valence-electron chi connectivity index (χ2n) is 8.19. The molecule has 1 saturated heterocycles. The van der Waals surface area contributed by atoms with E-state index in [0.717, 1.165) is 12.0 Å². The molecule has 1 aromatic rings. The first kappa shape index (κ1) is 16.9. The summed E-state index contributed by atoms with van der Waals surface area (Å²) >= 11 is 0. The van der Waals surface area contributed by atoms with E-state index in [1.807, 2.05) is 0 Å². The van der Waals surface area contributed by atoms with Gasteiger partial charge in [0.25, 0.3) is 0 Å². The quantitative estimate of drug-likeness (QED) is 0.779. The molecule has 4 nitrogen and oxygen atoms in total. The summed E-state index contributed by atoms with van der Waals surface area (Å²) in [5.41, 5.74) is 1.25. The second kappa shape index (κ2) is 7.78. The lowest BCUT2D eigenvalue weighted by atomic mass is 9.99. The van der Waals surface area contributed by atoms with Crippen molar-refractivity contribution in [3.8, 4) is 0 Å². The Bertz CT molecular complexity index is 467. The highest BCUT2D eigenvalue weighted by Crippen LogP contribution is 2.33. The van der Waals surface area contributed by atoms with E-state index in [9.17, 15) is 0 Å². The zero-order valence-electron chi connectivity index (χ0n) is 15.2. The zero-order chi connectivity index (χ0) is 16.2. The van der Waals surface area contributed by atoms with Crippen molar-refractivity contribution in [1.82, 2.24) is 19.9 Å². The van der Waals surface area contributed by atoms with Gasteiger partial charge in [-0.05, 0) is 51.4 Å². The van der Waals surface area contributed by atoms with Crippen LogP contribution in [0.4, 0.5) is 0 Å². The fourth-order valence-corrected chi connectivity index (χ4v) is 4.23. The minimum atomic E-state index is 0.561. The van der Waals surface area contributed by atoms with E-state index in [0.29, 0.717) is 12.0 Å². The molecule has 0 aromatic carbocycles. The number of hydrogen-bond acceptors (Lipinski definition) is 3. The van der Waals surface area contributed by atoms with Crippen LogP contribution >= 0.6 is 0 Å². The third-order valence-electron chi connectivity index (χ3n) is 5.96. The van der Waals surface area contributed by atoms with E-state index in [2.05, 4.69) is 46.9 Å². The maximum Gasteiger partial charge on any atom is 0.0858 e. The van der Waals surface area contributed by atoms with E-state index in [4.69, 9.17) is 0 Å². The first-order valence-electron chi connectivity index (χ1n) is 9.79. The van der Waals surface area contributed by atoms with Gasteiger partial charge in [0.15, 0.2) is 0 Å². The van der Waals surface area contributed by atoms with Crippen LogP contribution in [-0.4, -0.2) is 39.0 Å². The Morgan fingerprint density at radius 2 is 1.74 bits per heavy atom. The summed E-state index contributed by atoms with van der Waals surface area (Å²) in [6.45, 7) is 9.47. The Hall–Kier alpha value is -0.900. The Balaban J connectivity index is 1.48. The number of piperidine rings is 1. The summed E-state index contributed by atoms with van der Waals surface area (Å²) in [5, 5.41) is 8.94. The van der Waals surface area contributed by atoms with Crippen molar-refractivity contribution in [2.75, 3.05) is 13.1 Å². The third kappa shape index (κ3) is 4.34. The number of rotatable bonds is 6. The van der Waals surface area contributed by atoms with E-state index in [-0.39, 0.29) is 0 Å². The van der Waals surface area contributed by atoms with Gasteiger partial charge in [0.2, 0.25) is 0 Å². The van der Waals surface area contributed by atoms with Gasteiger partial charge in [-0.3, -0.25) is 0 Å². The Morgan fingerprint density at radius 1 is 1.04 bits per heavy atom. The standard InChI is InChI=1S/C19H34N4/c1-15(2)8-9-16(3)22-12-10-18(11-13-22)23-14-19(20-21-23)17-6-4-5-7-17/h14-18H,4-13H2,1-3H3/t16-/m0/s1. The SMILES string of the molecule is CC(C)CC[C@H](C)N1CCC(n2cc(C3CCCC3)nn2)CC1. The number of aromatic nitrogens is 3. The molecule has 1 aliphatic heterocycles. The van der Waals surface area contributed by atoms with E-state index < -0.39 is 0 Å². The van der Waals surface area contributed by atoms with Crippen LogP contribution in [0, 0.1) is 5.92 Å². The third-order valence-corrected chi connectivity index (χ3v) is 5.96. The Morgan fingerprint density at radius 3 is 2.39 bits per heavy atom. The van der Waals surface area contributed by atoms with Gasteiger partial charge in [-0.15, -0.1) is 5.10 Å². The van der Waals surface area contributed by atoms with Crippen LogP contribution in [0.15, 0.2) is 6.20 Å². The lowest BCUT2D eigenvalue weighted by Gasteiger charge is -2.36. The molecular weight excluding hydrogens is 284 g/mol. The van der Waals surface area contributed by atoms with Gasteiger partial charge in [0, 0.05) is 31.2 Å². The van der Waals surface area contributed by atoms with Crippen molar-refractivity contribution < 1.29 is 0 Å². The first-order chi connectivity index (χ1) is 11.1. The maximum atomic E-state index is 4.48. The van der Waals surface area contributed by atoms with Crippen molar-refractivity contribution in [2.45, 2.75) is 90.1 Å². The fraction of sp³-hybridized carbons (Fsp3) is 0.895. The van der Waals surface area contributed by atoms with Gasteiger partial charge in [-0.1, -0.05) is 31.9 Å². The molecule has 1 atom stereocenters. The van der Waals surface area contributed by atoms with Gasteiger partial charge in [0.05, 0.1) is 11.7 Å². The first-order valence-corrected chi connectivity index (χ1v) is 9.79. The van der Waals surface area contributed by atoms with Gasteiger partial charge in [-0.25, -0.2) is 4.68 Å². The van der Waals surface area contributed by atoms with Crippen LogP contribution in [-0.2, 0) is 0 Å². The van der Waals surface area contributed by atoms with E-state index in [1.165, 1.54) is 70.2 Å². The molecule has 3 rings (SSSR count). The molecule has 2 heterocycles. The lowest BCUT2D eigenvalue weighted by molar-refractivity contribution is 0.129. The molecule has 0 amide bonds. The normalized spacial score (nSPS) is 23.0. The monoisotopic (exact) mass is 318 g/mol. The smallest absolute Gasteiger partial charge is 0.0858 e. The van der Waals surface area contributed by atoms with Gasteiger partial charge < -0.3 is 4.90 Å². The molecule has 0 bridgehead atoms. The molecule has 2 aliphatic rings. The van der Waals surface area contributed by atoms with Crippen LogP contribution in [0.1, 0.15) is 89.8 Å². The highest BCUT2D eigenvalue weighted by molar-refractivity contribution is 5.04. The maximum absolute atomic E-state index is 4.48. The van der Waals surface area contributed by atoms with Crippen molar-refractivity contribution in [3.63, 3.8) is 0 Å². The Labute approximate surface area is 141 Å². The van der Waals surface area contributed by atoms with E-state index >= 15 is 0 Å². The van der Waals surface area contributed by atoms with Crippen molar-refractivity contribution in [2.24, 2.45) is 5.92 Å². The largest absolute Gasteiger partial charge is 0.301 e. The molecule has 23 heavy (non-hydrogen) atoms. The van der Waals surface area contributed by atoms with Crippen LogP contribution in [0.3, 0.4) is 0 Å². The van der Waals surface area contributed by atoms with E-state index in [1.54, 1.807) is 0 Å². The summed E-state index contributed by atoms with van der Waals surface area (Å²) in [7, 11) is 0. The van der Waals surface area contributed by atoms with Crippen LogP contribution in [0.25, 0.3) is 0 Å². The molecule has 130 valence electrons. The van der Waals surface area contributed by atoms with Gasteiger partial charge >= 0.3 is 0 Å². The van der Waals surface area contributed by atoms with Crippen molar-refractivity contribution >= 4 is 0 Å². The Kier molecular flexibility index (Phi) is 5.73. The van der Waals surface area contributed by atoms with Crippen LogP contribution < -0.4 is 0 Å². The summed E-state index contributed by atoms with van der Waals surface area (Å²) in [4.78, 5) is 2.67. The summed E-state index contributed by atoms with van der Waals surface area (Å²) in [5.74, 6) is 1.50. The number of hydrogen-bond donors (Lipinski definition) is 0. The molecule has 1 saturated carbocycles. The lowest BCUT2D eigenvalue weighted by Crippen LogP contribution is -2.40. The summed E-state index contributed by atoms with van der Waals surface area (Å²) in [6.07, 6.45) is 12.7. The second-order valence-corrected chi connectivity index (χ2v) is 8.19. The highest BCUT2D eigenvalue weighted by Gasteiger charge is 2.26. The fourth-order valence-electron chi connectivity index (χ4n) is 4.23. The average molecular weight is 319 g/mol.